The highest BCUT2D eigenvalue weighted by Gasteiger charge is 2.47. The van der Waals surface area contributed by atoms with Gasteiger partial charge in [-0.15, -0.1) is 11.6 Å². The molecule has 1 aliphatic heterocycles. The first-order valence-electron chi connectivity index (χ1n) is 4.65. The number of hydrogen-bond acceptors (Lipinski definition) is 3. The van der Waals surface area contributed by atoms with Crippen molar-refractivity contribution in [1.82, 2.24) is 0 Å². The van der Waals surface area contributed by atoms with E-state index in [-0.39, 0.29) is 6.10 Å². The van der Waals surface area contributed by atoms with Crippen LogP contribution in [0, 0.1) is 0 Å². The molecule has 0 amide bonds. The molecule has 0 spiro atoms. The van der Waals surface area contributed by atoms with Crippen molar-refractivity contribution in [2.75, 3.05) is 6.61 Å². The van der Waals surface area contributed by atoms with Gasteiger partial charge in [0.15, 0.2) is 0 Å². The second kappa shape index (κ2) is 3.99. The lowest BCUT2D eigenvalue weighted by Gasteiger charge is -2.30. The summed E-state index contributed by atoms with van der Waals surface area (Å²) in [5.74, 6) is 0. The maximum atomic E-state index is 11.2. The second-order valence-electron chi connectivity index (χ2n) is 3.91. The Morgan fingerprint density at radius 2 is 2.25 bits per heavy atom. The summed E-state index contributed by atoms with van der Waals surface area (Å²) in [6.45, 7) is 0.557. The van der Waals surface area contributed by atoms with Gasteiger partial charge in [-0.05, 0) is 12.2 Å². The summed E-state index contributed by atoms with van der Waals surface area (Å²) in [4.78, 5) is -1.24. The Hall–Kier alpha value is -0.0700. The summed E-state index contributed by atoms with van der Waals surface area (Å²) >= 11 is 12.0. The zero-order valence-electron chi connectivity index (χ0n) is 8.14. The van der Waals surface area contributed by atoms with Crippen molar-refractivity contribution in [3.63, 3.8) is 0 Å². The highest BCUT2D eigenvalue weighted by atomic mass is 35.5. The van der Waals surface area contributed by atoms with Crippen LogP contribution in [-0.2, 0) is 14.9 Å². The van der Waals surface area contributed by atoms with Gasteiger partial charge in [-0.3, -0.25) is 4.55 Å². The van der Waals surface area contributed by atoms with Crippen LogP contribution < -0.4 is 0 Å². The molecule has 0 aromatic carbocycles. The molecule has 90 valence electrons. The molecular formula is C9H10Cl2O4S. The van der Waals surface area contributed by atoms with Gasteiger partial charge >= 0.3 is 0 Å². The lowest BCUT2D eigenvalue weighted by atomic mass is 9.94. The summed E-state index contributed by atoms with van der Waals surface area (Å²) in [5.41, 5.74) is 0. The molecule has 4 nitrogen and oxygen atoms in total. The van der Waals surface area contributed by atoms with E-state index in [0.717, 1.165) is 0 Å². The molecule has 1 fully saturated rings. The molecule has 0 radical (unpaired) electrons. The molecule has 1 heterocycles. The minimum atomic E-state index is -4.25. The van der Waals surface area contributed by atoms with Gasteiger partial charge in [-0.2, -0.15) is 8.42 Å². The molecule has 2 unspecified atom stereocenters. The van der Waals surface area contributed by atoms with Crippen LogP contribution in [0.1, 0.15) is 6.42 Å². The third kappa shape index (κ3) is 2.60. The first-order valence-corrected chi connectivity index (χ1v) is 6.90. The van der Waals surface area contributed by atoms with Crippen molar-refractivity contribution in [2.45, 2.75) is 22.6 Å². The van der Waals surface area contributed by atoms with Crippen LogP contribution in [-0.4, -0.2) is 35.8 Å². The van der Waals surface area contributed by atoms with Gasteiger partial charge in [0.05, 0.1) is 17.6 Å². The van der Waals surface area contributed by atoms with E-state index in [2.05, 4.69) is 0 Å². The third-order valence-electron chi connectivity index (χ3n) is 2.54. The van der Waals surface area contributed by atoms with E-state index in [1.165, 1.54) is 18.2 Å². The van der Waals surface area contributed by atoms with Gasteiger partial charge in [-0.25, -0.2) is 0 Å². The van der Waals surface area contributed by atoms with Crippen molar-refractivity contribution < 1.29 is 17.7 Å². The predicted octanol–water partition coefficient (Wildman–Crippen LogP) is 1.70. The number of epoxide rings is 1. The number of alkyl halides is 1. The summed E-state index contributed by atoms with van der Waals surface area (Å²) in [6, 6.07) is 0. The molecule has 0 bridgehead atoms. The molecule has 3 atom stereocenters. The summed E-state index contributed by atoms with van der Waals surface area (Å²) < 4.78 is 36.6. The molecule has 1 aliphatic carbocycles. The van der Waals surface area contributed by atoms with E-state index >= 15 is 0 Å². The van der Waals surface area contributed by atoms with Crippen molar-refractivity contribution in [3.05, 3.63) is 23.3 Å². The van der Waals surface area contributed by atoms with Gasteiger partial charge in [0.1, 0.15) is 5.25 Å². The molecule has 0 aromatic heterocycles. The van der Waals surface area contributed by atoms with Gasteiger partial charge in [0.2, 0.25) is 0 Å². The molecule has 16 heavy (non-hydrogen) atoms. The molecule has 2 aliphatic rings. The van der Waals surface area contributed by atoms with Crippen LogP contribution in [0.3, 0.4) is 0 Å². The minimum absolute atomic E-state index is 0.0611. The molecule has 0 aromatic rings. The SMILES string of the molecule is O=S(=O)(O)C1C=CC(Cl)=CC1(Cl)C[C@H]1CO1. The zero-order chi connectivity index (χ0) is 12.0. The maximum absolute atomic E-state index is 11.2. The fourth-order valence-electron chi connectivity index (χ4n) is 1.76. The second-order valence-corrected chi connectivity index (χ2v) is 6.59. The fraction of sp³-hybridized carbons (Fsp3) is 0.556. The van der Waals surface area contributed by atoms with Gasteiger partial charge in [0, 0.05) is 11.5 Å². The highest BCUT2D eigenvalue weighted by Crippen LogP contribution is 2.40. The van der Waals surface area contributed by atoms with Crippen LogP contribution >= 0.6 is 23.2 Å². The average Bonchev–Trinajstić information content (AvgIpc) is 2.84. The van der Waals surface area contributed by atoms with Crippen molar-refractivity contribution >= 4 is 33.3 Å². The van der Waals surface area contributed by atoms with Crippen LogP contribution in [0.5, 0.6) is 0 Å². The summed E-state index contributed by atoms with van der Waals surface area (Å²) in [5, 5.41) is -0.830. The van der Waals surface area contributed by atoms with Crippen LogP contribution in [0.25, 0.3) is 0 Å². The monoisotopic (exact) mass is 284 g/mol. The maximum Gasteiger partial charge on any atom is 0.273 e. The van der Waals surface area contributed by atoms with Gasteiger partial charge in [-0.1, -0.05) is 17.7 Å². The van der Waals surface area contributed by atoms with Crippen LogP contribution in [0.4, 0.5) is 0 Å². The lowest BCUT2D eigenvalue weighted by molar-refractivity contribution is 0.376. The zero-order valence-corrected chi connectivity index (χ0v) is 10.5. The number of hydrogen-bond donors (Lipinski definition) is 1. The van der Waals surface area contributed by atoms with E-state index < -0.39 is 20.2 Å². The number of halogens is 2. The minimum Gasteiger partial charge on any atom is -0.373 e. The van der Waals surface area contributed by atoms with Gasteiger partial charge < -0.3 is 4.74 Å². The fourth-order valence-corrected chi connectivity index (χ4v) is 3.72. The Kier molecular flexibility index (Phi) is 3.09. The van der Waals surface area contributed by atoms with Crippen LogP contribution in [0.2, 0.25) is 0 Å². The standard InChI is InChI=1S/C9H10Cl2O4S/c10-6-1-2-8(16(12,13)14)9(11,3-6)4-7-5-15-7/h1-3,7-8H,4-5H2,(H,12,13,14)/t7-,8?,9?/m0/s1. The average molecular weight is 285 g/mol. The topological polar surface area (TPSA) is 66.9 Å². The van der Waals surface area contributed by atoms with E-state index in [0.29, 0.717) is 18.1 Å². The lowest BCUT2D eigenvalue weighted by Crippen LogP contribution is -2.42. The van der Waals surface area contributed by atoms with E-state index in [1.807, 2.05) is 0 Å². The number of rotatable bonds is 3. The molecule has 1 N–H and O–H groups in total. The van der Waals surface area contributed by atoms with Crippen molar-refractivity contribution in [1.29, 1.82) is 0 Å². The third-order valence-corrected chi connectivity index (χ3v) is 4.63. The molecule has 0 saturated carbocycles. The Morgan fingerprint density at radius 1 is 1.62 bits per heavy atom. The first kappa shape index (κ1) is 12.4. The largest absolute Gasteiger partial charge is 0.373 e. The first-order chi connectivity index (χ1) is 7.31. The molecule has 1 saturated heterocycles. The van der Waals surface area contributed by atoms with E-state index in [9.17, 15) is 8.42 Å². The Balaban J connectivity index is 2.32. The molecule has 7 heteroatoms. The molecule has 2 rings (SSSR count). The van der Waals surface area contributed by atoms with Gasteiger partial charge in [0.25, 0.3) is 10.1 Å². The highest BCUT2D eigenvalue weighted by molar-refractivity contribution is 7.86. The van der Waals surface area contributed by atoms with Crippen LogP contribution in [0.15, 0.2) is 23.3 Å². The summed E-state index contributed by atoms with van der Waals surface area (Å²) in [7, 11) is -4.25. The predicted molar refractivity (Wildman–Crippen MR) is 61.4 cm³/mol. The Bertz CT molecular complexity index is 452. The quantitative estimate of drug-likeness (QED) is 0.487. The normalized spacial score (nSPS) is 38.3. The van der Waals surface area contributed by atoms with Crippen molar-refractivity contribution in [2.24, 2.45) is 0 Å². The number of ether oxygens (including phenoxy) is 1. The Morgan fingerprint density at radius 3 is 2.75 bits per heavy atom. The van der Waals surface area contributed by atoms with E-state index in [4.69, 9.17) is 32.5 Å². The number of allylic oxidation sites excluding steroid dienone is 3. The smallest absolute Gasteiger partial charge is 0.273 e. The molecular weight excluding hydrogens is 275 g/mol. The van der Waals surface area contributed by atoms with E-state index in [1.54, 1.807) is 0 Å². The summed E-state index contributed by atoms with van der Waals surface area (Å²) in [6.07, 6.45) is 4.39. The Labute approximate surface area is 104 Å². The van der Waals surface area contributed by atoms with Crippen molar-refractivity contribution in [3.8, 4) is 0 Å².